The summed E-state index contributed by atoms with van der Waals surface area (Å²) in [5, 5.41) is 13.6. The van der Waals surface area contributed by atoms with Crippen molar-refractivity contribution >= 4 is 23.9 Å². The molecule has 4 heterocycles. The van der Waals surface area contributed by atoms with E-state index in [0.29, 0.717) is 38.0 Å². The number of likely N-dealkylation sites (N-methyl/N-ethyl adjacent to an activating group) is 1. The van der Waals surface area contributed by atoms with Crippen LogP contribution in [0.5, 0.6) is 0 Å². The molecule has 3 aliphatic heterocycles. The number of piperazine rings is 1. The van der Waals surface area contributed by atoms with E-state index in [-0.39, 0.29) is 42.0 Å². The largest absolute Gasteiger partial charge is 0.460 e. The summed E-state index contributed by atoms with van der Waals surface area (Å²) in [4.78, 5) is 62.3. The van der Waals surface area contributed by atoms with Gasteiger partial charge in [0, 0.05) is 76.2 Å². The lowest BCUT2D eigenvalue weighted by Crippen LogP contribution is -2.49. The normalized spacial score (nSPS) is 30.8. The number of cyclic esters (lactones) is 1. The number of carbonyl (C=O) groups excluding carboxylic acids is 4. The quantitative estimate of drug-likeness (QED) is 0.368. The molecule has 0 spiro atoms. The maximum Gasteiger partial charge on any atom is 0.329 e. The van der Waals surface area contributed by atoms with Gasteiger partial charge in [0.25, 0.3) is 5.91 Å². The molecule has 252 valence electrons. The van der Waals surface area contributed by atoms with Crippen LogP contribution in [0.1, 0.15) is 56.4 Å². The third-order valence-electron chi connectivity index (χ3n) is 8.87. The Hall–Kier alpha value is -3.45. The van der Waals surface area contributed by atoms with Gasteiger partial charge in [-0.1, -0.05) is 43.7 Å². The van der Waals surface area contributed by atoms with Crippen LogP contribution in [-0.4, -0.2) is 126 Å². The van der Waals surface area contributed by atoms with Gasteiger partial charge in [0.1, 0.15) is 30.5 Å². The number of ether oxygens (including phenoxy) is 1. The van der Waals surface area contributed by atoms with Gasteiger partial charge < -0.3 is 34.3 Å². The Kier molecular flexibility index (Phi) is 13.0. The van der Waals surface area contributed by atoms with Crippen molar-refractivity contribution in [3.63, 3.8) is 0 Å². The number of Topliss-reactive ketones (excluding diaryl/α,β-unsaturated/α-hetero) is 1. The molecule has 0 saturated carbocycles. The Balaban J connectivity index is 1.59. The molecule has 4 rings (SSSR count). The van der Waals surface area contributed by atoms with Gasteiger partial charge in [-0.3, -0.25) is 14.4 Å². The van der Waals surface area contributed by atoms with Crippen LogP contribution in [0, 0.1) is 11.8 Å². The fraction of sp³-hybridized carbons (Fsp3) is 0.618. The summed E-state index contributed by atoms with van der Waals surface area (Å²) in [7, 11) is 2.11. The number of ketones is 1. The Bertz CT molecular complexity index is 1310. The number of hydrogen-bond acceptors (Lipinski definition) is 11. The summed E-state index contributed by atoms with van der Waals surface area (Å²) in [6, 6.07) is -0.783. The van der Waals surface area contributed by atoms with Crippen LogP contribution < -0.4 is 5.32 Å². The zero-order valence-electron chi connectivity index (χ0n) is 27.5. The monoisotopic (exact) mass is 639 g/mol. The van der Waals surface area contributed by atoms with E-state index in [2.05, 4.69) is 34.1 Å². The van der Waals surface area contributed by atoms with Crippen molar-refractivity contribution in [2.24, 2.45) is 11.8 Å². The molecule has 0 unspecified atom stereocenters. The molecular weight excluding hydrogens is 590 g/mol. The summed E-state index contributed by atoms with van der Waals surface area (Å²) in [5.74, 6) is -1.46. The van der Waals surface area contributed by atoms with Crippen LogP contribution in [0.3, 0.4) is 0 Å². The summed E-state index contributed by atoms with van der Waals surface area (Å²) >= 11 is 0. The number of amides is 1. The molecule has 46 heavy (non-hydrogen) atoms. The van der Waals surface area contributed by atoms with Crippen molar-refractivity contribution < 1.29 is 33.4 Å². The maximum absolute atomic E-state index is 13.8. The van der Waals surface area contributed by atoms with E-state index in [1.807, 2.05) is 32.1 Å². The predicted octanol–water partition coefficient (Wildman–Crippen LogP) is 1.80. The van der Waals surface area contributed by atoms with Crippen molar-refractivity contribution in [1.82, 2.24) is 25.0 Å². The molecule has 1 amide bonds. The third-order valence-corrected chi connectivity index (χ3v) is 8.87. The van der Waals surface area contributed by atoms with Gasteiger partial charge in [0.2, 0.25) is 5.89 Å². The summed E-state index contributed by atoms with van der Waals surface area (Å²) in [6.45, 7) is 11.5. The number of fused-ring (bicyclic) bond motifs is 3. The second-order valence-corrected chi connectivity index (χ2v) is 12.9. The minimum Gasteiger partial charge on any atom is -0.460 e. The molecule has 5 atom stereocenters. The second-order valence-electron chi connectivity index (χ2n) is 12.9. The molecular formula is C34H49N5O7. The lowest BCUT2D eigenvalue weighted by molar-refractivity contribution is -0.158. The average molecular weight is 640 g/mol. The lowest BCUT2D eigenvalue weighted by atomic mass is 9.90. The van der Waals surface area contributed by atoms with E-state index in [1.165, 1.54) is 11.2 Å². The molecule has 12 nitrogen and oxygen atoms in total. The molecule has 0 radical (unpaired) electrons. The minimum atomic E-state index is -0.989. The summed E-state index contributed by atoms with van der Waals surface area (Å²) in [5.41, 5.74) is 1.35. The van der Waals surface area contributed by atoms with Crippen LogP contribution >= 0.6 is 0 Å². The molecule has 12 heteroatoms. The highest BCUT2D eigenvalue weighted by Crippen LogP contribution is 2.26. The summed E-state index contributed by atoms with van der Waals surface area (Å²) in [6.07, 6.45) is 8.48. The van der Waals surface area contributed by atoms with Gasteiger partial charge in [0.15, 0.2) is 5.69 Å². The third kappa shape index (κ3) is 10.0. The first kappa shape index (κ1) is 35.4. The maximum atomic E-state index is 13.8. The number of oxazole rings is 1. The molecule has 3 aliphatic rings. The number of aliphatic hydroxyl groups is 1. The topological polar surface area (TPSA) is 146 Å². The number of nitrogens with zero attached hydrogens (tertiary/aromatic N) is 4. The number of aldehydes is 1. The standard InChI is InChI=1S/C34H49N5O7/c1-23-7-5-9-35-19-26(21-40)16-24(2)32(25(3)20-38-13-11-37(4)12-14-38)46-34(44)30-8-6-10-39(30)33(43)29-22-45-31(36-29)18-28(42)17-27(41)15-23/h5,7,15-16,21-22,24-25,27,30,32,35,41H,6,8-14,17-20H2,1-4H3/b7-5+,23-15+,26-16-/t24-,25+,27-,30-,32+/m1/s1. The van der Waals surface area contributed by atoms with E-state index in [9.17, 15) is 24.3 Å². The van der Waals surface area contributed by atoms with Gasteiger partial charge in [0.05, 0.1) is 12.5 Å². The molecule has 1 aromatic heterocycles. The highest BCUT2D eigenvalue weighted by molar-refractivity contribution is 5.95. The van der Waals surface area contributed by atoms with E-state index in [0.717, 1.165) is 44.6 Å². The Morgan fingerprint density at radius 2 is 1.91 bits per heavy atom. The van der Waals surface area contributed by atoms with Crippen LogP contribution in [-0.2, 0) is 25.5 Å². The molecule has 2 fully saturated rings. The fourth-order valence-corrected chi connectivity index (χ4v) is 6.40. The lowest BCUT2D eigenvalue weighted by Gasteiger charge is -2.37. The van der Waals surface area contributed by atoms with E-state index < -0.39 is 30.1 Å². The SMILES string of the molecule is CC1=C\[C@@H](O)CC(=O)Cc2nc(co2)C(=O)N2CCC[C@@H]2C(=O)O[C@H]([C@@H](C)CN2CCN(C)CC2)[C@H](C)/C=C(\C=O)CNC\C=C\1. The number of carbonyl (C=O) groups is 4. The highest BCUT2D eigenvalue weighted by atomic mass is 16.5. The van der Waals surface area contributed by atoms with Gasteiger partial charge >= 0.3 is 5.97 Å². The first-order valence-corrected chi connectivity index (χ1v) is 16.3. The number of allylic oxidation sites excluding steroid dienone is 2. The highest BCUT2D eigenvalue weighted by Gasteiger charge is 2.39. The second kappa shape index (κ2) is 16.9. The van der Waals surface area contributed by atoms with Crippen LogP contribution in [0.15, 0.2) is 46.1 Å². The van der Waals surface area contributed by atoms with Crippen molar-refractivity contribution in [2.45, 2.75) is 64.7 Å². The van der Waals surface area contributed by atoms with Crippen molar-refractivity contribution in [1.29, 1.82) is 0 Å². The number of rotatable bonds is 4. The Labute approximate surface area is 271 Å². The molecule has 2 N–H and O–H groups in total. The molecule has 1 aromatic rings. The molecule has 0 aromatic carbocycles. The van der Waals surface area contributed by atoms with E-state index in [1.54, 1.807) is 6.08 Å². The van der Waals surface area contributed by atoms with Crippen molar-refractivity contribution in [2.75, 3.05) is 59.4 Å². The van der Waals surface area contributed by atoms with Crippen LogP contribution in [0.25, 0.3) is 0 Å². The van der Waals surface area contributed by atoms with E-state index in [4.69, 9.17) is 9.15 Å². The first-order valence-electron chi connectivity index (χ1n) is 16.3. The zero-order valence-corrected chi connectivity index (χ0v) is 27.5. The van der Waals surface area contributed by atoms with Crippen LogP contribution in [0.2, 0.25) is 0 Å². The fourth-order valence-electron chi connectivity index (χ4n) is 6.40. The molecule has 0 aliphatic carbocycles. The summed E-state index contributed by atoms with van der Waals surface area (Å²) < 4.78 is 11.7. The zero-order chi connectivity index (χ0) is 33.2. The van der Waals surface area contributed by atoms with Gasteiger partial charge in [-0.15, -0.1) is 0 Å². The first-order chi connectivity index (χ1) is 22.0. The van der Waals surface area contributed by atoms with Crippen molar-refractivity contribution in [3.05, 3.63) is 53.3 Å². The predicted molar refractivity (Wildman–Crippen MR) is 172 cm³/mol. The number of aromatic nitrogens is 1. The smallest absolute Gasteiger partial charge is 0.329 e. The number of hydrogen-bond donors (Lipinski definition) is 2. The number of esters is 1. The minimum absolute atomic E-state index is 0.0155. The molecule has 2 bridgehead atoms. The number of aliphatic hydroxyl groups excluding tert-OH is 1. The molecule has 2 saturated heterocycles. The van der Waals surface area contributed by atoms with Gasteiger partial charge in [-0.25, -0.2) is 9.78 Å². The Morgan fingerprint density at radius 1 is 1.15 bits per heavy atom. The number of nitrogens with one attached hydrogen (secondary N) is 1. The Morgan fingerprint density at radius 3 is 2.65 bits per heavy atom. The van der Waals surface area contributed by atoms with Crippen LogP contribution in [0.4, 0.5) is 0 Å². The van der Waals surface area contributed by atoms with Gasteiger partial charge in [-0.05, 0) is 26.8 Å². The van der Waals surface area contributed by atoms with Gasteiger partial charge in [-0.2, -0.15) is 0 Å². The van der Waals surface area contributed by atoms with Crippen molar-refractivity contribution in [3.8, 4) is 0 Å². The average Bonchev–Trinajstić information content (AvgIpc) is 3.69. The van der Waals surface area contributed by atoms with E-state index >= 15 is 0 Å².